The Bertz CT molecular complexity index is 648. The van der Waals surface area contributed by atoms with Crippen LogP contribution < -0.4 is 4.74 Å². The molecular formula is C16H15Cl2NO4. The van der Waals surface area contributed by atoms with Gasteiger partial charge in [0.2, 0.25) is 0 Å². The highest BCUT2D eigenvalue weighted by Gasteiger charge is 2.35. The summed E-state index contributed by atoms with van der Waals surface area (Å²) in [4.78, 5) is 25.7. The van der Waals surface area contributed by atoms with Crippen molar-refractivity contribution >= 4 is 35.0 Å². The van der Waals surface area contributed by atoms with Gasteiger partial charge in [-0.05, 0) is 30.9 Å². The average molecular weight is 356 g/mol. The van der Waals surface area contributed by atoms with E-state index < -0.39 is 5.91 Å². The summed E-state index contributed by atoms with van der Waals surface area (Å²) in [5.41, 5.74) is 0. The van der Waals surface area contributed by atoms with E-state index in [1.54, 1.807) is 18.2 Å². The quantitative estimate of drug-likeness (QED) is 0.779. The molecule has 0 aromatic heterocycles. The van der Waals surface area contributed by atoms with Crippen molar-refractivity contribution in [2.45, 2.75) is 12.8 Å². The van der Waals surface area contributed by atoms with E-state index in [-0.39, 0.29) is 33.4 Å². The second-order valence-electron chi connectivity index (χ2n) is 5.47. The van der Waals surface area contributed by atoms with Gasteiger partial charge < -0.3 is 9.47 Å². The van der Waals surface area contributed by atoms with Crippen molar-refractivity contribution in [3.63, 3.8) is 0 Å². The molecule has 1 aromatic rings. The summed E-state index contributed by atoms with van der Waals surface area (Å²) in [5, 5.41) is 0.558. The van der Waals surface area contributed by atoms with Gasteiger partial charge in [-0.2, -0.15) is 0 Å². The Balaban J connectivity index is 1.71. The van der Waals surface area contributed by atoms with Gasteiger partial charge >= 0.3 is 0 Å². The number of hydrogen-bond donors (Lipinski definition) is 0. The molecule has 7 heteroatoms. The van der Waals surface area contributed by atoms with Crippen LogP contribution >= 0.6 is 23.2 Å². The average Bonchev–Trinajstić information content (AvgIpc) is 2.80. The lowest BCUT2D eigenvalue weighted by molar-refractivity contribution is -0.139. The zero-order chi connectivity index (χ0) is 16.4. The highest BCUT2D eigenvalue weighted by molar-refractivity contribution is 6.37. The molecule has 122 valence electrons. The van der Waals surface area contributed by atoms with Crippen molar-refractivity contribution in [3.05, 3.63) is 40.1 Å². The summed E-state index contributed by atoms with van der Waals surface area (Å²) < 4.78 is 10.8. The molecule has 2 aliphatic rings. The summed E-state index contributed by atoms with van der Waals surface area (Å²) in [7, 11) is 0. The fraction of sp³-hybridized carbons (Fsp3) is 0.375. The molecule has 3 rings (SSSR count). The Morgan fingerprint density at radius 2 is 1.83 bits per heavy atom. The zero-order valence-corrected chi connectivity index (χ0v) is 13.8. The topological polar surface area (TPSA) is 55.8 Å². The van der Waals surface area contributed by atoms with Gasteiger partial charge in [-0.1, -0.05) is 29.3 Å². The number of carbonyl (C=O) groups excluding carboxylic acids is 2. The SMILES string of the molecule is O=C1C=C(Oc2c(Cl)cccc2Cl)C(=O)N1CC1CCOCC1. The minimum absolute atomic E-state index is 0.0583. The lowest BCUT2D eigenvalue weighted by Gasteiger charge is -2.25. The molecule has 0 N–H and O–H groups in total. The summed E-state index contributed by atoms with van der Waals surface area (Å²) in [6, 6.07) is 4.87. The summed E-state index contributed by atoms with van der Waals surface area (Å²) in [6.45, 7) is 1.69. The second kappa shape index (κ2) is 6.91. The molecule has 1 saturated heterocycles. The van der Waals surface area contributed by atoms with Crippen LogP contribution in [0.3, 0.4) is 0 Å². The molecule has 0 radical (unpaired) electrons. The van der Waals surface area contributed by atoms with Gasteiger partial charge in [-0.15, -0.1) is 0 Å². The maximum atomic E-state index is 12.4. The van der Waals surface area contributed by atoms with Crippen LogP contribution in [0, 0.1) is 5.92 Å². The molecule has 0 unspecified atom stereocenters. The van der Waals surface area contributed by atoms with Crippen LogP contribution in [-0.4, -0.2) is 36.5 Å². The van der Waals surface area contributed by atoms with Crippen molar-refractivity contribution in [3.8, 4) is 5.75 Å². The Labute approximate surface area is 143 Å². The third-order valence-electron chi connectivity index (χ3n) is 3.89. The summed E-state index contributed by atoms with van der Waals surface area (Å²) in [5.74, 6) is -0.460. The van der Waals surface area contributed by atoms with Gasteiger partial charge in [0.25, 0.3) is 11.8 Å². The van der Waals surface area contributed by atoms with E-state index in [9.17, 15) is 9.59 Å². The van der Waals surface area contributed by atoms with Crippen LogP contribution in [0.1, 0.15) is 12.8 Å². The zero-order valence-electron chi connectivity index (χ0n) is 12.3. The van der Waals surface area contributed by atoms with E-state index in [0.717, 1.165) is 12.8 Å². The number of imide groups is 1. The molecule has 0 atom stereocenters. The van der Waals surface area contributed by atoms with E-state index in [1.807, 2.05) is 0 Å². The largest absolute Gasteiger partial charge is 0.448 e. The predicted molar refractivity (Wildman–Crippen MR) is 85.4 cm³/mol. The molecule has 0 bridgehead atoms. The van der Waals surface area contributed by atoms with Crippen molar-refractivity contribution in [1.82, 2.24) is 4.90 Å². The number of nitrogens with zero attached hydrogens (tertiary/aromatic N) is 1. The van der Waals surface area contributed by atoms with Crippen molar-refractivity contribution < 1.29 is 19.1 Å². The van der Waals surface area contributed by atoms with Crippen molar-refractivity contribution in [2.24, 2.45) is 5.92 Å². The molecule has 0 saturated carbocycles. The third-order valence-corrected chi connectivity index (χ3v) is 4.48. The fourth-order valence-corrected chi connectivity index (χ4v) is 3.08. The maximum absolute atomic E-state index is 12.4. The first-order chi connectivity index (χ1) is 11.1. The van der Waals surface area contributed by atoms with Crippen LogP contribution in [0.4, 0.5) is 0 Å². The van der Waals surface area contributed by atoms with Crippen molar-refractivity contribution in [2.75, 3.05) is 19.8 Å². The lowest BCUT2D eigenvalue weighted by Crippen LogP contribution is -2.37. The van der Waals surface area contributed by atoms with Crippen LogP contribution in [0.2, 0.25) is 10.0 Å². The number of ether oxygens (including phenoxy) is 2. The van der Waals surface area contributed by atoms with Gasteiger partial charge in [-0.25, -0.2) is 0 Å². The number of amides is 2. The Hall–Kier alpha value is -1.56. The highest BCUT2D eigenvalue weighted by atomic mass is 35.5. The molecule has 0 aliphatic carbocycles. The lowest BCUT2D eigenvalue weighted by atomic mass is 10.00. The molecule has 23 heavy (non-hydrogen) atoms. The number of benzene rings is 1. The van der Waals surface area contributed by atoms with E-state index >= 15 is 0 Å². The molecule has 0 spiro atoms. The smallest absolute Gasteiger partial charge is 0.296 e. The van der Waals surface area contributed by atoms with Gasteiger partial charge in [0, 0.05) is 19.8 Å². The van der Waals surface area contributed by atoms with Gasteiger partial charge in [0.1, 0.15) is 0 Å². The molecule has 2 amide bonds. The number of hydrogen-bond acceptors (Lipinski definition) is 4. The normalized spacial score (nSPS) is 19.2. The molecular weight excluding hydrogens is 341 g/mol. The fourth-order valence-electron chi connectivity index (χ4n) is 2.61. The standard InChI is InChI=1S/C16H15Cl2NO4/c17-11-2-1-3-12(18)15(11)23-13-8-14(20)19(16(13)21)9-10-4-6-22-7-5-10/h1-3,8,10H,4-7,9H2. The van der Waals surface area contributed by atoms with E-state index in [4.69, 9.17) is 32.7 Å². The predicted octanol–water partition coefficient (Wildman–Crippen LogP) is 3.05. The molecule has 2 heterocycles. The highest BCUT2D eigenvalue weighted by Crippen LogP contribution is 2.34. The first kappa shape index (κ1) is 16.3. The molecule has 1 aromatic carbocycles. The maximum Gasteiger partial charge on any atom is 0.296 e. The number of rotatable bonds is 4. The van der Waals surface area contributed by atoms with Gasteiger partial charge in [0.05, 0.1) is 16.1 Å². The van der Waals surface area contributed by atoms with E-state index in [0.29, 0.717) is 19.8 Å². The second-order valence-corrected chi connectivity index (χ2v) is 6.29. The Kier molecular flexibility index (Phi) is 4.90. The van der Waals surface area contributed by atoms with Crippen LogP contribution in [0.15, 0.2) is 30.0 Å². The van der Waals surface area contributed by atoms with E-state index in [1.165, 1.54) is 11.0 Å². The van der Waals surface area contributed by atoms with Gasteiger partial charge in [-0.3, -0.25) is 14.5 Å². The minimum Gasteiger partial charge on any atom is -0.448 e. The van der Waals surface area contributed by atoms with Crippen LogP contribution in [0.25, 0.3) is 0 Å². The Morgan fingerprint density at radius 1 is 1.17 bits per heavy atom. The summed E-state index contributed by atoms with van der Waals surface area (Å²) >= 11 is 12.0. The number of halogens is 2. The van der Waals surface area contributed by atoms with Crippen LogP contribution in [0.5, 0.6) is 5.75 Å². The number of para-hydroxylation sites is 1. The first-order valence-electron chi connectivity index (χ1n) is 7.33. The number of carbonyl (C=O) groups is 2. The first-order valence-corrected chi connectivity index (χ1v) is 8.09. The minimum atomic E-state index is -0.461. The van der Waals surface area contributed by atoms with Crippen molar-refractivity contribution in [1.29, 1.82) is 0 Å². The third kappa shape index (κ3) is 3.52. The molecule has 5 nitrogen and oxygen atoms in total. The molecule has 2 aliphatic heterocycles. The van der Waals surface area contributed by atoms with E-state index in [2.05, 4.69) is 0 Å². The van der Waals surface area contributed by atoms with Gasteiger partial charge in [0.15, 0.2) is 11.5 Å². The summed E-state index contributed by atoms with van der Waals surface area (Å²) in [6.07, 6.45) is 2.86. The monoisotopic (exact) mass is 355 g/mol. The molecule has 1 fully saturated rings. The Morgan fingerprint density at radius 3 is 2.48 bits per heavy atom. The van der Waals surface area contributed by atoms with Crippen LogP contribution in [-0.2, 0) is 14.3 Å².